The van der Waals surface area contributed by atoms with Gasteiger partial charge < -0.3 is 9.64 Å². The van der Waals surface area contributed by atoms with E-state index in [-0.39, 0.29) is 17.5 Å². The lowest BCUT2D eigenvalue weighted by atomic mass is 9.45. The van der Waals surface area contributed by atoms with Gasteiger partial charge in [-0.25, -0.2) is 0 Å². The number of esters is 1. The Morgan fingerprint density at radius 1 is 0.968 bits per heavy atom. The highest BCUT2D eigenvalue weighted by Gasteiger charge is 2.61. The van der Waals surface area contributed by atoms with Crippen molar-refractivity contribution in [1.29, 1.82) is 0 Å². The second-order valence-corrected chi connectivity index (χ2v) is 12.2. The number of ketones is 1. The summed E-state index contributed by atoms with van der Waals surface area (Å²) in [7, 11) is 0. The maximum atomic E-state index is 12.7. The van der Waals surface area contributed by atoms with Crippen molar-refractivity contribution >= 4 is 11.8 Å². The number of likely N-dealkylation sites (tertiary alicyclic amines) is 1. The molecule has 5 rings (SSSR count). The zero-order valence-electron chi connectivity index (χ0n) is 19.9. The zero-order valence-corrected chi connectivity index (χ0v) is 19.9. The van der Waals surface area contributed by atoms with Gasteiger partial charge in [0.15, 0.2) is 0 Å². The molecule has 1 aliphatic heterocycles. The first-order valence-electron chi connectivity index (χ1n) is 13.3. The zero-order chi connectivity index (χ0) is 21.6. The van der Waals surface area contributed by atoms with Crippen LogP contribution in [-0.4, -0.2) is 42.4 Å². The summed E-state index contributed by atoms with van der Waals surface area (Å²) in [5.74, 6) is 3.38. The Morgan fingerprint density at radius 3 is 2.55 bits per heavy atom. The Hall–Kier alpha value is -0.900. The van der Waals surface area contributed by atoms with E-state index in [0.29, 0.717) is 29.5 Å². The van der Waals surface area contributed by atoms with E-state index >= 15 is 0 Å². The van der Waals surface area contributed by atoms with Crippen LogP contribution >= 0.6 is 0 Å². The van der Waals surface area contributed by atoms with Gasteiger partial charge in [-0.05, 0) is 100.0 Å². The number of ether oxygens (including phenoxy) is 1. The highest BCUT2D eigenvalue weighted by molar-refractivity contribution is 5.79. The third kappa shape index (κ3) is 3.89. The number of fused-ring (bicyclic) bond motifs is 5. The topological polar surface area (TPSA) is 46.6 Å². The smallest absolute Gasteiger partial charge is 0.307 e. The average Bonchev–Trinajstić information content (AvgIpc) is 3.10. The van der Waals surface area contributed by atoms with E-state index in [4.69, 9.17) is 4.74 Å². The fourth-order valence-electron chi connectivity index (χ4n) is 8.84. The first-order chi connectivity index (χ1) is 14.9. The van der Waals surface area contributed by atoms with Crippen molar-refractivity contribution in [2.75, 3.05) is 19.6 Å². The van der Waals surface area contributed by atoms with E-state index in [2.05, 4.69) is 18.7 Å². The summed E-state index contributed by atoms with van der Waals surface area (Å²) in [4.78, 5) is 27.3. The highest BCUT2D eigenvalue weighted by atomic mass is 16.5. The molecule has 1 unspecified atom stereocenters. The lowest BCUT2D eigenvalue weighted by Crippen LogP contribution is -2.54. The van der Waals surface area contributed by atoms with E-state index < -0.39 is 0 Å². The van der Waals surface area contributed by atoms with Crippen molar-refractivity contribution in [3.05, 3.63) is 0 Å². The average molecular weight is 430 g/mol. The van der Waals surface area contributed by atoms with Gasteiger partial charge in [0.1, 0.15) is 11.9 Å². The van der Waals surface area contributed by atoms with Gasteiger partial charge in [0, 0.05) is 24.8 Å². The molecule has 0 radical (unpaired) electrons. The van der Waals surface area contributed by atoms with Crippen LogP contribution in [0.3, 0.4) is 0 Å². The monoisotopic (exact) mass is 429 g/mol. The lowest BCUT2D eigenvalue weighted by Gasteiger charge is -2.60. The molecule has 1 heterocycles. The summed E-state index contributed by atoms with van der Waals surface area (Å²) in [5, 5.41) is 0. The van der Waals surface area contributed by atoms with Crippen molar-refractivity contribution in [2.24, 2.45) is 34.5 Å². The molecule has 5 fully saturated rings. The van der Waals surface area contributed by atoms with Gasteiger partial charge in [-0.3, -0.25) is 9.59 Å². The van der Waals surface area contributed by atoms with E-state index in [9.17, 15) is 9.59 Å². The van der Waals surface area contributed by atoms with Gasteiger partial charge in [0.2, 0.25) is 0 Å². The molecule has 31 heavy (non-hydrogen) atoms. The van der Waals surface area contributed by atoms with Crippen LogP contribution in [0.15, 0.2) is 0 Å². The molecule has 1 saturated heterocycles. The number of rotatable bonds is 4. The van der Waals surface area contributed by atoms with Crippen molar-refractivity contribution < 1.29 is 14.3 Å². The molecule has 0 aromatic rings. The van der Waals surface area contributed by atoms with Crippen molar-refractivity contribution in [3.8, 4) is 0 Å². The maximum absolute atomic E-state index is 12.7. The molecule has 5 aliphatic rings. The number of Topliss-reactive ketones (excluding diaryl/α,β-unsaturated/α-hetero) is 1. The molecule has 4 heteroatoms. The number of carbonyl (C=O) groups is 2. The van der Waals surface area contributed by atoms with Gasteiger partial charge in [-0.2, -0.15) is 0 Å². The van der Waals surface area contributed by atoms with Gasteiger partial charge in [-0.15, -0.1) is 0 Å². The van der Waals surface area contributed by atoms with Crippen LogP contribution in [-0.2, 0) is 14.3 Å². The Labute approximate surface area is 188 Å². The molecule has 0 bridgehead atoms. The van der Waals surface area contributed by atoms with Crippen molar-refractivity contribution in [1.82, 2.24) is 4.90 Å². The fraction of sp³-hybridized carbons (Fsp3) is 0.926. The quantitative estimate of drug-likeness (QED) is 0.563. The SMILES string of the molecule is C[C@]12CCC(=O)C[C@@H]1CC[C@@H]1[C@@H]2CC[C@]2(C)C(OC(=O)CCN3CCCCC3)CC[C@@H]12. The van der Waals surface area contributed by atoms with Crippen LogP contribution < -0.4 is 0 Å². The van der Waals surface area contributed by atoms with Crippen LogP contribution in [0.1, 0.15) is 97.3 Å². The second kappa shape index (κ2) is 8.47. The Kier molecular flexibility index (Phi) is 5.99. The molecule has 0 amide bonds. The lowest BCUT2D eigenvalue weighted by molar-refractivity contribution is -0.164. The molecule has 0 spiro atoms. The molecule has 4 nitrogen and oxygen atoms in total. The summed E-state index contributed by atoms with van der Waals surface area (Å²) in [6.45, 7) is 8.10. The minimum atomic E-state index is 0.0287. The van der Waals surface area contributed by atoms with Gasteiger partial charge in [0.25, 0.3) is 0 Å². The molecule has 174 valence electrons. The van der Waals surface area contributed by atoms with E-state index in [1.165, 1.54) is 51.4 Å². The van der Waals surface area contributed by atoms with Crippen LogP contribution in [0.5, 0.6) is 0 Å². The second-order valence-electron chi connectivity index (χ2n) is 12.2. The molecule has 4 saturated carbocycles. The maximum Gasteiger partial charge on any atom is 0.307 e. The third-order valence-electron chi connectivity index (χ3n) is 10.7. The first-order valence-corrected chi connectivity index (χ1v) is 13.3. The van der Waals surface area contributed by atoms with Crippen molar-refractivity contribution in [2.45, 2.75) is 103 Å². The van der Waals surface area contributed by atoms with Gasteiger partial charge in [0.05, 0.1) is 6.42 Å². The van der Waals surface area contributed by atoms with E-state index in [0.717, 1.165) is 57.2 Å². The van der Waals surface area contributed by atoms with Crippen LogP contribution in [0.25, 0.3) is 0 Å². The molecular formula is C27H43NO3. The largest absolute Gasteiger partial charge is 0.462 e. The molecule has 0 aromatic heterocycles. The Balaban J connectivity index is 1.22. The van der Waals surface area contributed by atoms with Gasteiger partial charge in [-0.1, -0.05) is 20.3 Å². The third-order valence-corrected chi connectivity index (χ3v) is 10.7. The standard InChI is InChI=1S/C27H43NO3/c1-26-13-10-20(29)18-19(26)6-7-21-22-8-9-24(27(22,2)14-11-23(21)26)31-25(30)12-17-28-15-4-3-5-16-28/h19,21-24H,3-18H2,1-2H3/t19-,21-,22-,23-,24?,26-,27-/m0/s1. The van der Waals surface area contributed by atoms with Gasteiger partial charge >= 0.3 is 5.97 Å². The molecular weight excluding hydrogens is 386 g/mol. The predicted molar refractivity (Wildman–Crippen MR) is 122 cm³/mol. The molecule has 0 aromatic carbocycles. The minimum absolute atomic E-state index is 0.0287. The van der Waals surface area contributed by atoms with Crippen molar-refractivity contribution in [3.63, 3.8) is 0 Å². The fourth-order valence-corrected chi connectivity index (χ4v) is 8.84. The molecule has 4 aliphatic carbocycles. The first kappa shape index (κ1) is 21.9. The van der Waals surface area contributed by atoms with Crippen LogP contribution in [0.4, 0.5) is 0 Å². The van der Waals surface area contributed by atoms with E-state index in [1.807, 2.05) is 0 Å². The summed E-state index contributed by atoms with van der Waals surface area (Å²) in [5.41, 5.74) is 0.525. The Morgan fingerprint density at radius 2 is 1.74 bits per heavy atom. The van der Waals surface area contributed by atoms with E-state index in [1.54, 1.807) is 0 Å². The van der Waals surface area contributed by atoms with Crippen LogP contribution in [0.2, 0.25) is 0 Å². The number of carbonyl (C=O) groups excluding carboxylic acids is 2. The van der Waals surface area contributed by atoms with Crippen LogP contribution in [0, 0.1) is 34.5 Å². The predicted octanol–water partition coefficient (Wildman–Crippen LogP) is 5.39. The number of piperidine rings is 1. The summed E-state index contributed by atoms with van der Waals surface area (Å²) in [6.07, 6.45) is 14.5. The Bertz CT molecular complexity index is 701. The molecule has 0 N–H and O–H groups in total. The summed E-state index contributed by atoms with van der Waals surface area (Å²) < 4.78 is 6.19. The minimum Gasteiger partial charge on any atom is -0.462 e. The highest BCUT2D eigenvalue weighted by Crippen LogP contribution is 2.66. The normalized spacial score (nSPS) is 45.5. The number of hydrogen-bond acceptors (Lipinski definition) is 4. The molecule has 7 atom stereocenters. The summed E-state index contributed by atoms with van der Waals surface area (Å²) >= 11 is 0. The number of nitrogens with zero attached hydrogens (tertiary/aromatic N) is 1. The number of hydrogen-bond donors (Lipinski definition) is 0. The summed E-state index contributed by atoms with van der Waals surface area (Å²) in [6, 6.07) is 0.